The molecule has 2 aromatic carbocycles. The first-order valence-corrected chi connectivity index (χ1v) is 12.9. The minimum Gasteiger partial charge on any atom is -0.355 e. The average Bonchev–Trinajstić information content (AvgIpc) is 3.42. The van der Waals surface area contributed by atoms with Gasteiger partial charge in [-0.2, -0.15) is 0 Å². The molecule has 1 unspecified atom stereocenters. The van der Waals surface area contributed by atoms with Gasteiger partial charge in [0.1, 0.15) is 0 Å². The maximum Gasteiger partial charge on any atom is 0.241 e. The van der Waals surface area contributed by atoms with Crippen LogP contribution in [0.15, 0.2) is 72.1 Å². The molecule has 6 nitrogen and oxygen atoms in total. The first-order valence-electron chi connectivity index (χ1n) is 12.1. The Hall–Kier alpha value is -3.29. The highest BCUT2D eigenvalue weighted by Gasteiger charge is 2.30. The SMILES string of the molecule is CC(C(=O)Nc1ccccc1C(=O)c1ccccc1)N1CCC(C(=O)NCCc2cccs2)CC1. The number of para-hydroxylation sites is 1. The lowest BCUT2D eigenvalue weighted by Crippen LogP contribution is -2.48. The topological polar surface area (TPSA) is 78.5 Å². The van der Waals surface area contributed by atoms with Crippen LogP contribution < -0.4 is 10.6 Å². The van der Waals surface area contributed by atoms with Crippen molar-refractivity contribution in [2.75, 3.05) is 25.0 Å². The summed E-state index contributed by atoms with van der Waals surface area (Å²) in [5, 5.41) is 8.06. The summed E-state index contributed by atoms with van der Waals surface area (Å²) in [5.41, 5.74) is 1.56. The van der Waals surface area contributed by atoms with E-state index < -0.39 is 0 Å². The van der Waals surface area contributed by atoms with Crippen LogP contribution in [0.25, 0.3) is 0 Å². The van der Waals surface area contributed by atoms with Gasteiger partial charge in [0.15, 0.2) is 5.78 Å². The number of hydrogen-bond acceptors (Lipinski definition) is 5. The van der Waals surface area contributed by atoms with Crippen LogP contribution in [0.4, 0.5) is 5.69 Å². The van der Waals surface area contributed by atoms with Gasteiger partial charge in [-0.25, -0.2) is 0 Å². The van der Waals surface area contributed by atoms with Crippen LogP contribution in [0.2, 0.25) is 0 Å². The molecule has 0 aliphatic carbocycles. The fourth-order valence-corrected chi connectivity index (χ4v) is 5.10. The number of carbonyl (C=O) groups excluding carboxylic acids is 3. The Balaban J connectivity index is 1.28. The molecule has 2 amide bonds. The number of rotatable bonds is 9. The quantitative estimate of drug-likeness (QED) is 0.438. The lowest BCUT2D eigenvalue weighted by atomic mass is 9.94. The Morgan fingerprint density at radius 2 is 1.69 bits per heavy atom. The summed E-state index contributed by atoms with van der Waals surface area (Å²) < 4.78 is 0. The second-order valence-corrected chi connectivity index (χ2v) is 9.87. The van der Waals surface area contributed by atoms with Crippen LogP contribution in [-0.4, -0.2) is 48.2 Å². The van der Waals surface area contributed by atoms with E-state index in [0.29, 0.717) is 36.4 Å². The molecule has 35 heavy (non-hydrogen) atoms. The van der Waals surface area contributed by atoms with Gasteiger partial charge >= 0.3 is 0 Å². The van der Waals surface area contributed by atoms with Crippen molar-refractivity contribution >= 4 is 34.6 Å². The number of nitrogens with one attached hydrogen (secondary N) is 2. The van der Waals surface area contributed by atoms with E-state index in [4.69, 9.17) is 0 Å². The van der Waals surface area contributed by atoms with Crippen molar-refractivity contribution < 1.29 is 14.4 Å². The van der Waals surface area contributed by atoms with Crippen LogP contribution >= 0.6 is 11.3 Å². The highest BCUT2D eigenvalue weighted by atomic mass is 32.1. The number of hydrogen-bond donors (Lipinski definition) is 2. The minimum atomic E-state index is -0.363. The zero-order valence-electron chi connectivity index (χ0n) is 19.9. The van der Waals surface area contributed by atoms with Gasteiger partial charge in [0.2, 0.25) is 11.8 Å². The summed E-state index contributed by atoms with van der Waals surface area (Å²) in [6, 6.07) is 19.9. The third-order valence-corrected chi connectivity index (χ3v) is 7.48. The number of piperidine rings is 1. The van der Waals surface area contributed by atoms with Crippen molar-refractivity contribution in [1.82, 2.24) is 10.2 Å². The van der Waals surface area contributed by atoms with Gasteiger partial charge < -0.3 is 10.6 Å². The van der Waals surface area contributed by atoms with Crippen LogP contribution in [0, 0.1) is 5.92 Å². The van der Waals surface area contributed by atoms with Crippen molar-refractivity contribution in [3.63, 3.8) is 0 Å². The van der Waals surface area contributed by atoms with E-state index in [-0.39, 0.29) is 29.6 Å². The monoisotopic (exact) mass is 489 g/mol. The first-order chi connectivity index (χ1) is 17.0. The molecule has 182 valence electrons. The predicted octanol–water partition coefficient (Wildman–Crippen LogP) is 4.38. The molecule has 2 heterocycles. The van der Waals surface area contributed by atoms with E-state index in [0.717, 1.165) is 19.3 Å². The molecular formula is C28H31N3O3S. The highest BCUT2D eigenvalue weighted by Crippen LogP contribution is 2.22. The summed E-state index contributed by atoms with van der Waals surface area (Å²) >= 11 is 1.70. The van der Waals surface area contributed by atoms with E-state index >= 15 is 0 Å². The molecule has 0 saturated carbocycles. The Morgan fingerprint density at radius 1 is 0.971 bits per heavy atom. The van der Waals surface area contributed by atoms with Gasteiger partial charge in [0, 0.05) is 28.5 Å². The van der Waals surface area contributed by atoms with E-state index in [9.17, 15) is 14.4 Å². The Bertz CT molecular complexity index is 1140. The maximum atomic E-state index is 13.0. The van der Waals surface area contributed by atoms with Crippen molar-refractivity contribution in [2.24, 2.45) is 5.92 Å². The maximum absolute atomic E-state index is 13.0. The molecule has 0 spiro atoms. The molecule has 1 saturated heterocycles. The zero-order valence-corrected chi connectivity index (χ0v) is 20.7. The first kappa shape index (κ1) is 24.8. The third kappa shape index (κ3) is 6.44. The molecule has 1 aliphatic rings. The normalized spacial score (nSPS) is 15.3. The van der Waals surface area contributed by atoms with E-state index in [1.54, 1.807) is 41.7 Å². The van der Waals surface area contributed by atoms with E-state index in [1.807, 2.05) is 42.6 Å². The van der Waals surface area contributed by atoms with Gasteiger partial charge in [-0.1, -0.05) is 48.5 Å². The fraction of sp³-hybridized carbons (Fsp3) is 0.321. The number of ketones is 1. The van der Waals surface area contributed by atoms with Gasteiger partial charge in [-0.05, 0) is 62.9 Å². The molecule has 0 radical (unpaired) electrons. The lowest BCUT2D eigenvalue weighted by molar-refractivity contribution is -0.127. The second-order valence-electron chi connectivity index (χ2n) is 8.84. The average molecular weight is 490 g/mol. The minimum absolute atomic E-state index is 0.0194. The van der Waals surface area contributed by atoms with Crippen molar-refractivity contribution in [3.8, 4) is 0 Å². The highest BCUT2D eigenvalue weighted by molar-refractivity contribution is 7.09. The summed E-state index contributed by atoms with van der Waals surface area (Å²) in [4.78, 5) is 41.9. The van der Waals surface area contributed by atoms with Gasteiger partial charge in [-0.3, -0.25) is 19.3 Å². The van der Waals surface area contributed by atoms with E-state index in [1.165, 1.54) is 4.88 Å². The predicted molar refractivity (Wildman–Crippen MR) is 140 cm³/mol. The zero-order chi connectivity index (χ0) is 24.6. The number of benzene rings is 2. The molecule has 0 bridgehead atoms. The molecular weight excluding hydrogens is 458 g/mol. The van der Waals surface area contributed by atoms with Gasteiger partial charge in [0.05, 0.1) is 11.7 Å². The summed E-state index contributed by atoms with van der Waals surface area (Å²) in [7, 11) is 0. The van der Waals surface area contributed by atoms with Crippen LogP contribution in [0.5, 0.6) is 0 Å². The Kier molecular flexibility index (Phi) is 8.45. The summed E-state index contributed by atoms with van der Waals surface area (Å²) in [6.07, 6.45) is 2.31. The molecule has 1 aliphatic heterocycles. The number of likely N-dealkylation sites (tertiary alicyclic amines) is 1. The second kappa shape index (κ2) is 11.9. The molecule has 1 atom stereocenters. The Morgan fingerprint density at radius 3 is 2.40 bits per heavy atom. The smallest absolute Gasteiger partial charge is 0.241 e. The number of carbonyl (C=O) groups is 3. The van der Waals surface area contributed by atoms with Gasteiger partial charge in [-0.15, -0.1) is 11.3 Å². The number of thiophene rings is 1. The summed E-state index contributed by atoms with van der Waals surface area (Å²) in [5.74, 6) is -0.196. The van der Waals surface area contributed by atoms with Crippen molar-refractivity contribution in [3.05, 3.63) is 88.1 Å². The molecule has 3 aromatic rings. The lowest BCUT2D eigenvalue weighted by Gasteiger charge is -2.34. The number of nitrogens with zero attached hydrogens (tertiary/aromatic N) is 1. The summed E-state index contributed by atoms with van der Waals surface area (Å²) in [6.45, 7) is 3.89. The van der Waals surface area contributed by atoms with Crippen LogP contribution in [-0.2, 0) is 16.0 Å². The fourth-order valence-electron chi connectivity index (χ4n) is 4.40. The molecule has 4 rings (SSSR count). The van der Waals surface area contributed by atoms with E-state index in [2.05, 4.69) is 21.6 Å². The van der Waals surface area contributed by atoms with Crippen molar-refractivity contribution in [2.45, 2.75) is 32.2 Å². The third-order valence-electron chi connectivity index (χ3n) is 6.54. The van der Waals surface area contributed by atoms with Gasteiger partial charge in [0.25, 0.3) is 0 Å². The van der Waals surface area contributed by atoms with Crippen LogP contribution in [0.3, 0.4) is 0 Å². The molecule has 2 N–H and O–H groups in total. The number of anilines is 1. The largest absolute Gasteiger partial charge is 0.355 e. The van der Waals surface area contributed by atoms with Crippen molar-refractivity contribution in [1.29, 1.82) is 0 Å². The van der Waals surface area contributed by atoms with Crippen LogP contribution in [0.1, 0.15) is 40.6 Å². The Labute approximate surface area is 210 Å². The number of amides is 2. The molecule has 1 aromatic heterocycles. The molecule has 7 heteroatoms. The standard InChI is InChI=1S/C28H31N3O3S/c1-20(31-17-14-22(15-18-31)28(34)29-16-13-23-10-7-19-35-23)27(33)30-25-12-6-5-11-24(25)26(32)21-8-3-2-4-9-21/h2-12,19-20,22H,13-18H2,1H3,(H,29,34)(H,30,33). The molecule has 1 fully saturated rings.